The van der Waals surface area contributed by atoms with Crippen molar-refractivity contribution < 1.29 is 0 Å². The molecule has 0 atom stereocenters. The molecule has 0 saturated carbocycles. The highest BCUT2D eigenvalue weighted by Gasteiger charge is 2.11. The average molecular weight is 294 g/mol. The van der Waals surface area contributed by atoms with E-state index in [4.69, 9.17) is 0 Å². The highest BCUT2D eigenvalue weighted by Crippen LogP contribution is 2.19. The van der Waals surface area contributed by atoms with Gasteiger partial charge in [-0.05, 0) is 49.9 Å². The van der Waals surface area contributed by atoms with Gasteiger partial charge in [-0.2, -0.15) is 0 Å². The molecule has 2 aromatic rings. The Morgan fingerprint density at radius 1 is 0.455 bits per heavy atom. The van der Waals surface area contributed by atoms with Gasteiger partial charge in [-0.15, -0.1) is 0 Å². The van der Waals surface area contributed by atoms with E-state index in [1.165, 1.54) is 63.2 Å². The van der Waals surface area contributed by atoms with E-state index in [1.54, 1.807) is 0 Å². The Morgan fingerprint density at radius 2 is 0.773 bits per heavy atom. The first-order chi connectivity index (χ1) is 10.9. The standard InChI is InChI=1S/2C10H13N/c2*1-2-6-10(7-3-1)11-8-4-5-9-11/h2*1-3,6-7H,4-5,8-9H2. The summed E-state index contributed by atoms with van der Waals surface area (Å²) in [5.74, 6) is 0. The Labute approximate surface area is 134 Å². The summed E-state index contributed by atoms with van der Waals surface area (Å²) in [6.07, 6.45) is 5.42. The van der Waals surface area contributed by atoms with Crippen molar-refractivity contribution in [1.29, 1.82) is 0 Å². The zero-order chi connectivity index (χ0) is 15.0. The molecular formula is C20H26N2. The largest absolute Gasteiger partial charge is 0.372 e. The Morgan fingerprint density at radius 3 is 1.09 bits per heavy atom. The number of hydrogen-bond donors (Lipinski definition) is 0. The fourth-order valence-electron chi connectivity index (χ4n) is 3.23. The first kappa shape index (κ1) is 15.0. The average Bonchev–Trinajstić information content (AvgIpc) is 3.31. The molecule has 0 aliphatic carbocycles. The highest BCUT2D eigenvalue weighted by atomic mass is 15.1. The molecule has 0 aromatic heterocycles. The fourth-order valence-corrected chi connectivity index (χ4v) is 3.23. The summed E-state index contributed by atoms with van der Waals surface area (Å²) < 4.78 is 0. The van der Waals surface area contributed by atoms with Crippen LogP contribution in [0.1, 0.15) is 25.7 Å². The molecule has 2 saturated heterocycles. The molecule has 2 fully saturated rings. The molecule has 2 nitrogen and oxygen atoms in total. The fraction of sp³-hybridized carbons (Fsp3) is 0.400. The van der Waals surface area contributed by atoms with E-state index in [0.717, 1.165) is 0 Å². The van der Waals surface area contributed by atoms with Gasteiger partial charge in [0.2, 0.25) is 0 Å². The van der Waals surface area contributed by atoms with Crippen LogP contribution >= 0.6 is 0 Å². The Hall–Kier alpha value is -1.96. The highest BCUT2D eigenvalue weighted by molar-refractivity contribution is 5.47. The Kier molecular flexibility index (Phi) is 5.36. The molecule has 2 aliphatic rings. The molecule has 0 radical (unpaired) electrons. The van der Waals surface area contributed by atoms with Crippen LogP contribution < -0.4 is 9.80 Å². The van der Waals surface area contributed by atoms with E-state index in [1.807, 2.05) is 0 Å². The summed E-state index contributed by atoms with van der Waals surface area (Å²) in [4.78, 5) is 4.89. The maximum absolute atomic E-state index is 2.44. The number of para-hydroxylation sites is 2. The van der Waals surface area contributed by atoms with Gasteiger partial charge in [0.15, 0.2) is 0 Å². The number of benzene rings is 2. The lowest BCUT2D eigenvalue weighted by Gasteiger charge is -2.16. The van der Waals surface area contributed by atoms with E-state index in [-0.39, 0.29) is 0 Å². The van der Waals surface area contributed by atoms with E-state index >= 15 is 0 Å². The van der Waals surface area contributed by atoms with Gasteiger partial charge in [0.1, 0.15) is 0 Å². The lowest BCUT2D eigenvalue weighted by Crippen LogP contribution is -2.16. The second-order valence-electron chi connectivity index (χ2n) is 6.06. The molecule has 2 aromatic carbocycles. The lowest BCUT2D eigenvalue weighted by molar-refractivity contribution is 0.949. The summed E-state index contributed by atoms with van der Waals surface area (Å²) in [7, 11) is 0. The molecule has 2 aliphatic heterocycles. The summed E-state index contributed by atoms with van der Waals surface area (Å²) in [6, 6.07) is 21.3. The summed E-state index contributed by atoms with van der Waals surface area (Å²) in [5.41, 5.74) is 2.76. The van der Waals surface area contributed by atoms with Crippen LogP contribution in [0.4, 0.5) is 11.4 Å². The van der Waals surface area contributed by atoms with Crippen molar-refractivity contribution in [3.05, 3.63) is 60.7 Å². The van der Waals surface area contributed by atoms with Crippen LogP contribution in [0.2, 0.25) is 0 Å². The van der Waals surface area contributed by atoms with Gasteiger partial charge >= 0.3 is 0 Å². The van der Waals surface area contributed by atoms with Crippen molar-refractivity contribution in [2.45, 2.75) is 25.7 Å². The van der Waals surface area contributed by atoms with Gasteiger partial charge in [-0.1, -0.05) is 36.4 Å². The van der Waals surface area contributed by atoms with Crippen molar-refractivity contribution in [3.63, 3.8) is 0 Å². The summed E-state index contributed by atoms with van der Waals surface area (Å²) in [5, 5.41) is 0. The predicted octanol–water partition coefficient (Wildman–Crippen LogP) is 4.57. The smallest absolute Gasteiger partial charge is 0.0366 e. The van der Waals surface area contributed by atoms with E-state index in [9.17, 15) is 0 Å². The van der Waals surface area contributed by atoms with Gasteiger partial charge in [0, 0.05) is 37.6 Å². The third kappa shape index (κ3) is 4.03. The minimum Gasteiger partial charge on any atom is -0.372 e. The van der Waals surface area contributed by atoms with Gasteiger partial charge in [-0.3, -0.25) is 0 Å². The number of rotatable bonds is 2. The molecule has 0 N–H and O–H groups in total. The molecule has 0 amide bonds. The first-order valence-corrected chi connectivity index (χ1v) is 8.53. The van der Waals surface area contributed by atoms with Crippen molar-refractivity contribution >= 4 is 11.4 Å². The third-order valence-corrected chi connectivity index (χ3v) is 4.45. The van der Waals surface area contributed by atoms with Gasteiger partial charge in [0.05, 0.1) is 0 Å². The molecule has 116 valence electrons. The maximum atomic E-state index is 2.44. The van der Waals surface area contributed by atoms with Crippen LogP contribution in [0.5, 0.6) is 0 Å². The molecule has 0 bridgehead atoms. The van der Waals surface area contributed by atoms with Crippen LogP contribution in [0, 0.1) is 0 Å². The van der Waals surface area contributed by atoms with Gasteiger partial charge < -0.3 is 9.80 Å². The normalized spacial score (nSPS) is 17.3. The van der Waals surface area contributed by atoms with Crippen molar-refractivity contribution in [2.75, 3.05) is 36.0 Å². The first-order valence-electron chi connectivity index (χ1n) is 8.53. The summed E-state index contributed by atoms with van der Waals surface area (Å²) >= 11 is 0. The van der Waals surface area contributed by atoms with Crippen LogP contribution in [0.25, 0.3) is 0 Å². The molecule has 2 heterocycles. The maximum Gasteiger partial charge on any atom is 0.0366 e. The topological polar surface area (TPSA) is 6.48 Å². The molecule has 4 rings (SSSR count). The molecule has 22 heavy (non-hydrogen) atoms. The van der Waals surface area contributed by atoms with Crippen molar-refractivity contribution in [2.24, 2.45) is 0 Å². The number of hydrogen-bond acceptors (Lipinski definition) is 2. The number of anilines is 2. The van der Waals surface area contributed by atoms with Gasteiger partial charge in [-0.25, -0.2) is 0 Å². The minimum atomic E-state index is 1.24. The van der Waals surface area contributed by atoms with E-state index in [0.29, 0.717) is 0 Å². The quantitative estimate of drug-likeness (QED) is 0.800. The Bertz CT molecular complexity index is 475. The zero-order valence-corrected chi connectivity index (χ0v) is 13.3. The zero-order valence-electron chi connectivity index (χ0n) is 13.3. The second kappa shape index (κ2) is 7.88. The van der Waals surface area contributed by atoms with Crippen molar-refractivity contribution in [3.8, 4) is 0 Å². The molecule has 2 heteroatoms. The summed E-state index contributed by atoms with van der Waals surface area (Å²) in [6.45, 7) is 4.96. The lowest BCUT2D eigenvalue weighted by atomic mass is 10.3. The van der Waals surface area contributed by atoms with E-state index in [2.05, 4.69) is 70.5 Å². The van der Waals surface area contributed by atoms with Crippen LogP contribution in [-0.4, -0.2) is 26.2 Å². The molecule has 0 spiro atoms. The van der Waals surface area contributed by atoms with Crippen LogP contribution in [0.15, 0.2) is 60.7 Å². The Balaban J connectivity index is 0.000000131. The number of nitrogens with zero attached hydrogens (tertiary/aromatic N) is 2. The monoisotopic (exact) mass is 294 g/mol. The molecule has 0 unspecified atom stereocenters. The second-order valence-corrected chi connectivity index (χ2v) is 6.06. The van der Waals surface area contributed by atoms with E-state index < -0.39 is 0 Å². The SMILES string of the molecule is c1ccc(N2CCCC2)cc1.c1ccc(N2CCCC2)cc1. The molecular weight excluding hydrogens is 268 g/mol. The van der Waals surface area contributed by atoms with Crippen molar-refractivity contribution in [1.82, 2.24) is 0 Å². The van der Waals surface area contributed by atoms with Crippen LogP contribution in [-0.2, 0) is 0 Å². The predicted molar refractivity (Wildman–Crippen MR) is 95.8 cm³/mol. The minimum absolute atomic E-state index is 1.24. The van der Waals surface area contributed by atoms with Gasteiger partial charge in [0.25, 0.3) is 0 Å². The third-order valence-electron chi connectivity index (χ3n) is 4.45. The van der Waals surface area contributed by atoms with Crippen LogP contribution in [0.3, 0.4) is 0 Å².